The standard InChI is InChI=1S/C8H6Cl2N2/c9-6-1-5(8(12)4-11)2-7(10)3-6/h1-3,8H,12H2. The lowest BCUT2D eigenvalue weighted by Crippen LogP contribution is -2.06. The molecule has 0 saturated heterocycles. The molecular formula is C8H6Cl2N2. The van der Waals surface area contributed by atoms with Crippen molar-refractivity contribution in [1.29, 1.82) is 5.26 Å². The lowest BCUT2D eigenvalue weighted by molar-refractivity contribution is 0.926. The molecule has 2 N–H and O–H groups in total. The Bertz CT molecular complexity index is 310. The molecule has 0 saturated carbocycles. The first-order valence-electron chi connectivity index (χ1n) is 3.24. The van der Waals surface area contributed by atoms with E-state index in [1.54, 1.807) is 18.2 Å². The van der Waals surface area contributed by atoms with Gasteiger partial charge in [-0.15, -0.1) is 0 Å². The van der Waals surface area contributed by atoms with Gasteiger partial charge in [-0.05, 0) is 23.8 Å². The first-order chi connectivity index (χ1) is 5.63. The summed E-state index contributed by atoms with van der Waals surface area (Å²) in [5.74, 6) is 0. The smallest absolute Gasteiger partial charge is 0.118 e. The SMILES string of the molecule is N#CC(N)c1cc(Cl)cc(Cl)c1. The van der Waals surface area contributed by atoms with Crippen LogP contribution in [0.25, 0.3) is 0 Å². The monoisotopic (exact) mass is 200 g/mol. The summed E-state index contributed by atoms with van der Waals surface area (Å²) in [5.41, 5.74) is 6.09. The van der Waals surface area contributed by atoms with Gasteiger partial charge in [-0.3, -0.25) is 0 Å². The minimum absolute atomic E-state index is 0.489. The summed E-state index contributed by atoms with van der Waals surface area (Å²) in [6.45, 7) is 0. The average Bonchev–Trinajstić information content (AvgIpc) is 2.01. The van der Waals surface area contributed by atoms with E-state index in [-0.39, 0.29) is 0 Å². The summed E-state index contributed by atoms with van der Waals surface area (Å²) < 4.78 is 0. The Morgan fingerprint density at radius 1 is 1.25 bits per heavy atom. The molecule has 0 amide bonds. The number of halogens is 2. The summed E-state index contributed by atoms with van der Waals surface area (Å²) in [6, 6.07) is 6.08. The zero-order valence-corrected chi connectivity index (χ0v) is 7.60. The fraction of sp³-hybridized carbons (Fsp3) is 0.125. The summed E-state index contributed by atoms with van der Waals surface area (Å²) >= 11 is 11.4. The molecule has 12 heavy (non-hydrogen) atoms. The fourth-order valence-corrected chi connectivity index (χ4v) is 1.37. The molecule has 0 heterocycles. The first kappa shape index (κ1) is 9.34. The third-order valence-electron chi connectivity index (χ3n) is 1.38. The van der Waals surface area contributed by atoms with E-state index >= 15 is 0 Å². The van der Waals surface area contributed by atoms with Gasteiger partial charge in [-0.2, -0.15) is 5.26 Å². The van der Waals surface area contributed by atoms with Crippen LogP contribution in [0.4, 0.5) is 0 Å². The molecule has 1 aromatic rings. The molecule has 0 aromatic heterocycles. The molecule has 1 aromatic carbocycles. The van der Waals surface area contributed by atoms with Gasteiger partial charge in [0.1, 0.15) is 6.04 Å². The second kappa shape index (κ2) is 3.77. The lowest BCUT2D eigenvalue weighted by atomic mass is 10.1. The van der Waals surface area contributed by atoms with Gasteiger partial charge in [0.05, 0.1) is 6.07 Å². The predicted molar refractivity (Wildman–Crippen MR) is 49.0 cm³/mol. The molecule has 1 atom stereocenters. The van der Waals surface area contributed by atoms with Crippen LogP contribution in [0.3, 0.4) is 0 Å². The average molecular weight is 201 g/mol. The van der Waals surface area contributed by atoms with Gasteiger partial charge in [-0.1, -0.05) is 23.2 Å². The molecule has 0 fully saturated rings. The number of nitrogens with zero attached hydrogens (tertiary/aromatic N) is 1. The molecule has 1 unspecified atom stereocenters. The van der Waals surface area contributed by atoms with Gasteiger partial charge in [0.25, 0.3) is 0 Å². The molecule has 0 aliphatic rings. The molecule has 62 valence electrons. The summed E-state index contributed by atoms with van der Waals surface area (Å²) in [6.07, 6.45) is 0. The van der Waals surface area contributed by atoms with Crippen LogP contribution in [0.15, 0.2) is 18.2 Å². The van der Waals surface area contributed by atoms with Crippen molar-refractivity contribution in [3.05, 3.63) is 33.8 Å². The Morgan fingerprint density at radius 3 is 2.17 bits per heavy atom. The summed E-state index contributed by atoms with van der Waals surface area (Å²) in [5, 5.41) is 9.49. The number of nitriles is 1. The van der Waals surface area contributed by atoms with Crippen LogP contribution in [0.2, 0.25) is 10.0 Å². The normalized spacial score (nSPS) is 12.2. The molecule has 0 spiro atoms. The molecule has 0 aliphatic heterocycles. The van der Waals surface area contributed by atoms with Gasteiger partial charge in [0.15, 0.2) is 0 Å². The Kier molecular flexibility index (Phi) is 2.93. The van der Waals surface area contributed by atoms with Crippen molar-refractivity contribution in [2.24, 2.45) is 5.73 Å². The van der Waals surface area contributed by atoms with E-state index in [1.807, 2.05) is 6.07 Å². The Hall–Kier alpha value is -0.750. The lowest BCUT2D eigenvalue weighted by Gasteiger charge is -2.03. The maximum Gasteiger partial charge on any atom is 0.118 e. The van der Waals surface area contributed by atoms with Crippen LogP contribution in [-0.2, 0) is 0 Å². The van der Waals surface area contributed by atoms with Crippen LogP contribution in [0.5, 0.6) is 0 Å². The molecule has 0 aliphatic carbocycles. The van der Waals surface area contributed by atoms with Crippen molar-refractivity contribution in [2.75, 3.05) is 0 Å². The largest absolute Gasteiger partial charge is 0.312 e. The highest BCUT2D eigenvalue weighted by Crippen LogP contribution is 2.21. The van der Waals surface area contributed by atoms with Crippen LogP contribution in [0.1, 0.15) is 11.6 Å². The van der Waals surface area contributed by atoms with Crippen molar-refractivity contribution < 1.29 is 0 Å². The summed E-state index contributed by atoms with van der Waals surface area (Å²) in [7, 11) is 0. The number of rotatable bonds is 1. The minimum atomic E-state index is -0.666. The molecule has 0 radical (unpaired) electrons. The number of hydrogen-bond donors (Lipinski definition) is 1. The number of hydrogen-bond acceptors (Lipinski definition) is 2. The van der Waals surface area contributed by atoms with Crippen LogP contribution < -0.4 is 5.73 Å². The van der Waals surface area contributed by atoms with Crippen LogP contribution >= 0.6 is 23.2 Å². The highest BCUT2D eigenvalue weighted by Gasteiger charge is 2.05. The van der Waals surface area contributed by atoms with Crippen LogP contribution in [0, 0.1) is 11.3 Å². The Labute approximate surface area is 80.5 Å². The molecule has 4 heteroatoms. The van der Waals surface area contributed by atoms with Crippen molar-refractivity contribution in [1.82, 2.24) is 0 Å². The minimum Gasteiger partial charge on any atom is -0.312 e. The zero-order valence-electron chi connectivity index (χ0n) is 6.09. The van der Waals surface area contributed by atoms with Gasteiger partial charge in [0.2, 0.25) is 0 Å². The summed E-state index contributed by atoms with van der Waals surface area (Å²) in [4.78, 5) is 0. The van der Waals surface area contributed by atoms with Crippen LogP contribution in [-0.4, -0.2) is 0 Å². The van der Waals surface area contributed by atoms with Crippen molar-refractivity contribution >= 4 is 23.2 Å². The van der Waals surface area contributed by atoms with E-state index in [2.05, 4.69) is 0 Å². The Balaban J connectivity index is 3.10. The van der Waals surface area contributed by atoms with E-state index in [4.69, 9.17) is 34.2 Å². The van der Waals surface area contributed by atoms with Gasteiger partial charge >= 0.3 is 0 Å². The maximum atomic E-state index is 8.51. The number of nitrogens with two attached hydrogens (primary N) is 1. The molecule has 0 bridgehead atoms. The molecular weight excluding hydrogens is 195 g/mol. The van der Waals surface area contributed by atoms with Crippen molar-refractivity contribution in [3.8, 4) is 6.07 Å². The fourth-order valence-electron chi connectivity index (χ4n) is 0.829. The maximum absolute atomic E-state index is 8.51. The van der Waals surface area contributed by atoms with Gasteiger partial charge < -0.3 is 5.73 Å². The van der Waals surface area contributed by atoms with E-state index < -0.39 is 6.04 Å². The van der Waals surface area contributed by atoms with E-state index in [0.29, 0.717) is 15.6 Å². The number of benzene rings is 1. The van der Waals surface area contributed by atoms with E-state index in [0.717, 1.165) is 0 Å². The van der Waals surface area contributed by atoms with Crippen molar-refractivity contribution in [3.63, 3.8) is 0 Å². The second-order valence-electron chi connectivity index (χ2n) is 2.31. The zero-order chi connectivity index (χ0) is 9.14. The topological polar surface area (TPSA) is 49.8 Å². The predicted octanol–water partition coefficient (Wildman–Crippen LogP) is 2.52. The Morgan fingerprint density at radius 2 is 1.75 bits per heavy atom. The third kappa shape index (κ3) is 2.12. The van der Waals surface area contributed by atoms with Crippen molar-refractivity contribution in [2.45, 2.75) is 6.04 Å². The van der Waals surface area contributed by atoms with E-state index in [1.165, 1.54) is 0 Å². The second-order valence-corrected chi connectivity index (χ2v) is 3.18. The molecule has 2 nitrogen and oxygen atoms in total. The highest BCUT2D eigenvalue weighted by molar-refractivity contribution is 6.34. The van der Waals surface area contributed by atoms with E-state index in [9.17, 15) is 0 Å². The molecule has 1 rings (SSSR count). The highest BCUT2D eigenvalue weighted by atomic mass is 35.5. The first-order valence-corrected chi connectivity index (χ1v) is 4.00. The quantitative estimate of drug-likeness (QED) is 0.758. The van der Waals surface area contributed by atoms with Gasteiger partial charge in [-0.25, -0.2) is 0 Å². The third-order valence-corrected chi connectivity index (χ3v) is 1.82. The van der Waals surface area contributed by atoms with Gasteiger partial charge in [0, 0.05) is 10.0 Å².